The summed E-state index contributed by atoms with van der Waals surface area (Å²) in [7, 11) is 2.83. The lowest BCUT2D eigenvalue weighted by atomic mass is 9.75. The Morgan fingerprint density at radius 3 is 2.26 bits per heavy atom. The van der Waals surface area contributed by atoms with Gasteiger partial charge in [-0.1, -0.05) is 99.6 Å². The average molecular weight is 576 g/mol. The largest absolute Gasteiger partial charge is 0.347 e. The summed E-state index contributed by atoms with van der Waals surface area (Å²) < 4.78 is 2.28. The van der Waals surface area contributed by atoms with Gasteiger partial charge in [0.15, 0.2) is 0 Å². The van der Waals surface area contributed by atoms with E-state index in [4.69, 9.17) is 4.98 Å². The van der Waals surface area contributed by atoms with Crippen LogP contribution in [0, 0.1) is 0 Å². The van der Waals surface area contributed by atoms with Crippen molar-refractivity contribution < 1.29 is 4.79 Å². The van der Waals surface area contributed by atoms with Gasteiger partial charge in [0.05, 0.1) is 11.0 Å². The Morgan fingerprint density at radius 2 is 1.57 bits per heavy atom. The van der Waals surface area contributed by atoms with Gasteiger partial charge >= 0.3 is 0 Å². The summed E-state index contributed by atoms with van der Waals surface area (Å²) in [6, 6.07) is 33.6. The minimum Gasteiger partial charge on any atom is -0.347 e. The standard InChI is InChI=1S/C37H42N3OP/c1-6-12-34-38-31-22-21-28(35(41)39-37(4,5)25-36(2,3)29-13-8-7-9-14-29)23-32(31)40(34)24-26-17-19-27(20-18-26)30-15-10-11-16-33(30)42/h7-11,13-23H,6,12,24-25,42H2,1-5H3,(H,39,41). The minimum atomic E-state index is -0.393. The van der Waals surface area contributed by atoms with Crippen LogP contribution in [-0.4, -0.2) is 21.0 Å². The molecule has 1 heterocycles. The SMILES string of the molecule is CCCc1nc2ccc(C(=O)NC(C)(C)CC(C)(C)c3ccccc3)cc2n1Cc1ccc(-c2ccccc2P)cc1. The van der Waals surface area contributed by atoms with Crippen LogP contribution in [0.1, 0.15) is 74.8 Å². The zero-order chi connectivity index (χ0) is 29.9. The molecule has 216 valence electrons. The number of nitrogens with one attached hydrogen (secondary N) is 1. The zero-order valence-electron chi connectivity index (χ0n) is 25.4. The molecule has 0 aliphatic carbocycles. The summed E-state index contributed by atoms with van der Waals surface area (Å²) in [4.78, 5) is 18.5. The molecule has 0 radical (unpaired) electrons. The van der Waals surface area contributed by atoms with Crippen LogP contribution in [0.25, 0.3) is 22.2 Å². The third kappa shape index (κ3) is 6.66. The molecule has 5 aromatic rings. The van der Waals surface area contributed by atoms with Crippen LogP contribution >= 0.6 is 9.24 Å². The molecule has 1 N–H and O–H groups in total. The fourth-order valence-electron chi connectivity index (χ4n) is 6.16. The summed E-state index contributed by atoms with van der Waals surface area (Å²) in [5.41, 5.74) is 7.00. The number of aryl methyl sites for hydroxylation is 1. The number of carbonyl (C=O) groups is 1. The molecule has 0 fully saturated rings. The molecule has 1 unspecified atom stereocenters. The van der Waals surface area contributed by atoms with Gasteiger partial charge in [-0.25, -0.2) is 4.98 Å². The Bertz CT molecular complexity index is 1680. The van der Waals surface area contributed by atoms with Gasteiger partial charge in [0.25, 0.3) is 5.91 Å². The van der Waals surface area contributed by atoms with Gasteiger partial charge in [-0.15, -0.1) is 9.24 Å². The predicted molar refractivity (Wildman–Crippen MR) is 180 cm³/mol. The maximum absolute atomic E-state index is 13.6. The Kier molecular flexibility index (Phi) is 8.66. The molecular weight excluding hydrogens is 533 g/mol. The second kappa shape index (κ2) is 12.2. The van der Waals surface area contributed by atoms with E-state index in [-0.39, 0.29) is 11.3 Å². The van der Waals surface area contributed by atoms with Gasteiger partial charge < -0.3 is 9.88 Å². The first-order chi connectivity index (χ1) is 20.1. The summed E-state index contributed by atoms with van der Waals surface area (Å²) in [6.07, 6.45) is 2.70. The van der Waals surface area contributed by atoms with E-state index >= 15 is 0 Å². The maximum atomic E-state index is 13.6. The van der Waals surface area contributed by atoms with Gasteiger partial charge in [-0.05, 0) is 77.9 Å². The fraction of sp³-hybridized carbons (Fsp3) is 0.297. The van der Waals surface area contributed by atoms with Crippen LogP contribution < -0.4 is 10.6 Å². The van der Waals surface area contributed by atoms with Crippen LogP contribution in [0.15, 0.2) is 97.1 Å². The summed E-state index contributed by atoms with van der Waals surface area (Å²) in [5, 5.41) is 4.51. The zero-order valence-corrected chi connectivity index (χ0v) is 26.6. The number of amides is 1. The topological polar surface area (TPSA) is 46.9 Å². The minimum absolute atomic E-state index is 0.0593. The number of carbonyl (C=O) groups excluding carboxylic acids is 1. The number of fused-ring (bicyclic) bond motifs is 1. The molecule has 5 rings (SSSR count). The molecule has 0 aliphatic heterocycles. The van der Waals surface area contributed by atoms with Crippen molar-refractivity contribution in [2.75, 3.05) is 0 Å². The third-order valence-corrected chi connectivity index (χ3v) is 8.52. The van der Waals surface area contributed by atoms with Crippen molar-refractivity contribution in [3.8, 4) is 11.1 Å². The van der Waals surface area contributed by atoms with Crippen molar-refractivity contribution in [2.45, 2.75) is 71.4 Å². The number of aromatic nitrogens is 2. The highest BCUT2D eigenvalue weighted by atomic mass is 31.0. The molecule has 0 aliphatic rings. The molecule has 5 heteroatoms. The Morgan fingerprint density at radius 1 is 0.881 bits per heavy atom. The highest BCUT2D eigenvalue weighted by Crippen LogP contribution is 2.32. The molecule has 0 saturated carbocycles. The monoisotopic (exact) mass is 575 g/mol. The molecular formula is C37H42N3OP. The Labute approximate surface area is 252 Å². The van der Waals surface area contributed by atoms with Crippen LogP contribution in [-0.2, 0) is 18.4 Å². The highest BCUT2D eigenvalue weighted by Gasteiger charge is 2.31. The van der Waals surface area contributed by atoms with E-state index in [2.05, 4.69) is 127 Å². The second-order valence-electron chi connectivity index (χ2n) is 12.6. The van der Waals surface area contributed by atoms with Crippen molar-refractivity contribution in [2.24, 2.45) is 0 Å². The van der Waals surface area contributed by atoms with Crippen LogP contribution in [0.5, 0.6) is 0 Å². The van der Waals surface area contributed by atoms with Gasteiger partial charge in [0, 0.05) is 24.1 Å². The quantitative estimate of drug-likeness (QED) is 0.171. The molecule has 0 bridgehead atoms. The Hall–Kier alpha value is -3.75. The van der Waals surface area contributed by atoms with Crippen molar-refractivity contribution in [1.29, 1.82) is 0 Å². The van der Waals surface area contributed by atoms with Gasteiger partial charge in [-0.2, -0.15) is 0 Å². The number of nitrogens with zero attached hydrogens (tertiary/aromatic N) is 2. The molecule has 1 atom stereocenters. The number of hydrogen-bond acceptors (Lipinski definition) is 2. The third-order valence-electron chi connectivity index (χ3n) is 8.02. The molecule has 4 aromatic carbocycles. The highest BCUT2D eigenvalue weighted by molar-refractivity contribution is 7.28. The summed E-state index contributed by atoms with van der Waals surface area (Å²) in [6.45, 7) is 11.6. The normalized spacial score (nSPS) is 12.0. The van der Waals surface area contributed by atoms with Crippen LogP contribution in [0.2, 0.25) is 0 Å². The van der Waals surface area contributed by atoms with Gasteiger partial charge in [0.1, 0.15) is 5.82 Å². The number of imidazole rings is 1. The number of benzene rings is 4. The molecule has 0 spiro atoms. The van der Waals surface area contributed by atoms with E-state index in [1.165, 1.54) is 27.6 Å². The molecule has 1 aromatic heterocycles. The van der Waals surface area contributed by atoms with E-state index < -0.39 is 5.54 Å². The van der Waals surface area contributed by atoms with Gasteiger partial charge in [-0.3, -0.25) is 4.79 Å². The van der Waals surface area contributed by atoms with E-state index in [1.54, 1.807) is 0 Å². The lowest BCUT2D eigenvalue weighted by Gasteiger charge is -2.36. The molecule has 42 heavy (non-hydrogen) atoms. The molecule has 4 nitrogen and oxygen atoms in total. The first-order valence-corrected chi connectivity index (χ1v) is 15.4. The van der Waals surface area contributed by atoms with Crippen LogP contribution in [0.4, 0.5) is 0 Å². The lowest BCUT2D eigenvalue weighted by molar-refractivity contribution is 0.0900. The number of hydrogen-bond donors (Lipinski definition) is 1. The lowest BCUT2D eigenvalue weighted by Crippen LogP contribution is -2.47. The van der Waals surface area contributed by atoms with Crippen molar-refractivity contribution in [1.82, 2.24) is 14.9 Å². The average Bonchev–Trinajstić information content (AvgIpc) is 3.29. The smallest absolute Gasteiger partial charge is 0.251 e. The van der Waals surface area contributed by atoms with Crippen molar-refractivity contribution in [3.05, 3.63) is 120 Å². The number of rotatable bonds is 10. The first kappa shape index (κ1) is 29.7. The van der Waals surface area contributed by atoms with Crippen molar-refractivity contribution in [3.63, 3.8) is 0 Å². The Balaban J connectivity index is 1.39. The van der Waals surface area contributed by atoms with E-state index in [0.29, 0.717) is 12.1 Å². The summed E-state index contributed by atoms with van der Waals surface area (Å²) in [5.74, 6) is 0.991. The van der Waals surface area contributed by atoms with E-state index in [0.717, 1.165) is 36.1 Å². The van der Waals surface area contributed by atoms with E-state index in [9.17, 15) is 4.79 Å². The maximum Gasteiger partial charge on any atom is 0.251 e. The molecule has 0 saturated heterocycles. The van der Waals surface area contributed by atoms with E-state index in [1.807, 2.05) is 24.3 Å². The van der Waals surface area contributed by atoms with Gasteiger partial charge in [0.2, 0.25) is 0 Å². The van der Waals surface area contributed by atoms with Crippen molar-refractivity contribution >= 4 is 31.5 Å². The fourth-order valence-corrected chi connectivity index (χ4v) is 6.53. The first-order valence-electron chi connectivity index (χ1n) is 14.9. The summed E-state index contributed by atoms with van der Waals surface area (Å²) >= 11 is 0. The molecule has 1 amide bonds. The second-order valence-corrected chi connectivity index (χ2v) is 13.2. The van der Waals surface area contributed by atoms with Crippen LogP contribution in [0.3, 0.4) is 0 Å². The predicted octanol–water partition coefficient (Wildman–Crippen LogP) is 8.08.